The van der Waals surface area contributed by atoms with Crippen LogP contribution < -0.4 is 16.3 Å². The van der Waals surface area contributed by atoms with Gasteiger partial charge in [-0.1, -0.05) is 36.5 Å². The normalized spacial score (nSPS) is 15.1. The van der Waals surface area contributed by atoms with Crippen molar-refractivity contribution in [1.29, 1.82) is 0 Å². The Hall–Kier alpha value is -1.37. The largest absolute Gasteiger partial charge is 0.343 e. The Labute approximate surface area is 124 Å². The van der Waals surface area contributed by atoms with Crippen molar-refractivity contribution in [1.82, 2.24) is 4.57 Å². The van der Waals surface area contributed by atoms with E-state index in [0.29, 0.717) is 6.54 Å². The monoisotopic (exact) mass is 288 g/mol. The second-order valence-corrected chi connectivity index (χ2v) is 5.06. The van der Waals surface area contributed by atoms with Gasteiger partial charge >= 0.3 is 0 Å². The van der Waals surface area contributed by atoms with Crippen LogP contribution in [0.25, 0.3) is 17.7 Å². The van der Waals surface area contributed by atoms with Crippen molar-refractivity contribution in [3.63, 3.8) is 0 Å². The van der Waals surface area contributed by atoms with Crippen molar-refractivity contribution in [2.75, 3.05) is 6.54 Å². The molecule has 0 saturated heterocycles. The maximum absolute atomic E-state index is 5.55. The SMILES string of the molecule is C=C/C=c1\c(=C/C)c(/C(C)=C/C(C)=C\CN)cn1CP. The molecular weight excluding hydrogens is 263 g/mol. The summed E-state index contributed by atoms with van der Waals surface area (Å²) in [5.74, 6) is 0. The minimum atomic E-state index is 0.574. The molecule has 2 N–H and O–H groups in total. The molecule has 0 aliphatic rings. The summed E-state index contributed by atoms with van der Waals surface area (Å²) in [7, 11) is 2.76. The van der Waals surface area contributed by atoms with Gasteiger partial charge in [-0.2, -0.15) is 0 Å². The Bertz CT molecular complexity index is 645. The molecule has 0 bridgehead atoms. The van der Waals surface area contributed by atoms with Gasteiger partial charge in [0.15, 0.2) is 0 Å². The van der Waals surface area contributed by atoms with Gasteiger partial charge in [-0.25, -0.2) is 0 Å². The molecular formula is C17H25N2P. The van der Waals surface area contributed by atoms with Gasteiger partial charge in [0, 0.05) is 35.2 Å². The maximum Gasteiger partial charge on any atom is 0.0486 e. The van der Waals surface area contributed by atoms with Crippen LogP contribution in [0.15, 0.2) is 36.6 Å². The fourth-order valence-corrected chi connectivity index (χ4v) is 2.62. The standard InChI is InChI=1S/C17H25N2P/c1-5-7-17-15(6-2)16(11-19(17)12-20)14(4)10-13(3)8-9-18/h5-8,10-11H,1,9,12,18,20H2,2-4H3/b13-8-,14-10+,15-6-,17-7+. The second-order valence-electron chi connectivity index (χ2n) is 4.70. The highest BCUT2D eigenvalue weighted by Gasteiger charge is 2.05. The van der Waals surface area contributed by atoms with Gasteiger partial charge in [-0.05, 0) is 32.4 Å². The molecule has 0 fully saturated rings. The van der Waals surface area contributed by atoms with E-state index in [1.807, 2.05) is 12.2 Å². The van der Waals surface area contributed by atoms with Crippen molar-refractivity contribution in [3.05, 3.63) is 52.7 Å². The zero-order chi connectivity index (χ0) is 15.1. The third kappa shape index (κ3) is 3.82. The van der Waals surface area contributed by atoms with Gasteiger partial charge < -0.3 is 10.3 Å². The van der Waals surface area contributed by atoms with Gasteiger partial charge in [-0.15, -0.1) is 9.24 Å². The van der Waals surface area contributed by atoms with Crippen LogP contribution in [-0.2, 0) is 6.29 Å². The van der Waals surface area contributed by atoms with Crippen LogP contribution in [0, 0.1) is 0 Å². The fraction of sp³-hybridized carbons (Fsp3) is 0.294. The van der Waals surface area contributed by atoms with E-state index in [-0.39, 0.29) is 0 Å². The number of aromatic nitrogens is 1. The Morgan fingerprint density at radius 1 is 1.45 bits per heavy atom. The number of nitrogens with zero attached hydrogens (tertiary/aromatic N) is 1. The minimum absolute atomic E-state index is 0.574. The average molecular weight is 288 g/mol. The van der Waals surface area contributed by atoms with Crippen molar-refractivity contribution < 1.29 is 0 Å². The first-order valence-corrected chi connectivity index (χ1v) is 7.64. The van der Waals surface area contributed by atoms with E-state index < -0.39 is 0 Å². The highest BCUT2D eigenvalue weighted by atomic mass is 31.0. The number of hydrogen-bond donors (Lipinski definition) is 1. The van der Waals surface area contributed by atoms with Crippen molar-refractivity contribution in [2.24, 2.45) is 5.73 Å². The van der Waals surface area contributed by atoms with E-state index in [1.54, 1.807) is 0 Å². The Morgan fingerprint density at radius 3 is 2.65 bits per heavy atom. The minimum Gasteiger partial charge on any atom is -0.343 e. The summed E-state index contributed by atoms with van der Waals surface area (Å²) in [6, 6.07) is 0. The van der Waals surface area contributed by atoms with Gasteiger partial charge in [-0.3, -0.25) is 0 Å². The lowest BCUT2D eigenvalue weighted by molar-refractivity contribution is 0.866. The first kappa shape index (κ1) is 16.7. The summed E-state index contributed by atoms with van der Waals surface area (Å²) in [6.45, 7) is 10.7. The van der Waals surface area contributed by atoms with Crippen LogP contribution in [-0.4, -0.2) is 11.1 Å². The number of rotatable bonds is 5. The lowest BCUT2D eigenvalue weighted by Gasteiger charge is -1.99. The van der Waals surface area contributed by atoms with Crippen LogP contribution in [0.2, 0.25) is 0 Å². The molecule has 0 aromatic carbocycles. The summed E-state index contributed by atoms with van der Waals surface area (Å²) in [6.07, 6.45) is 13.3. The fourth-order valence-electron chi connectivity index (χ4n) is 2.32. The number of nitrogens with two attached hydrogens (primary N) is 1. The predicted octanol–water partition coefficient (Wildman–Crippen LogP) is 2.40. The predicted molar refractivity (Wildman–Crippen MR) is 94.7 cm³/mol. The average Bonchev–Trinajstić information content (AvgIpc) is 2.77. The molecule has 1 atom stereocenters. The van der Waals surface area contributed by atoms with Crippen LogP contribution in [0.1, 0.15) is 26.3 Å². The molecule has 0 saturated carbocycles. The molecule has 108 valence electrons. The lowest BCUT2D eigenvalue weighted by Crippen LogP contribution is -2.29. The molecule has 2 nitrogen and oxygen atoms in total. The Balaban J connectivity index is 3.52. The molecule has 0 amide bonds. The molecule has 0 aliphatic carbocycles. The first-order valence-electron chi connectivity index (χ1n) is 6.82. The van der Waals surface area contributed by atoms with Crippen molar-refractivity contribution in [2.45, 2.75) is 27.1 Å². The molecule has 1 rings (SSSR count). The molecule has 0 aliphatic heterocycles. The summed E-state index contributed by atoms with van der Waals surface area (Å²) in [5, 5.41) is 2.45. The molecule has 1 aromatic rings. The Morgan fingerprint density at radius 2 is 2.15 bits per heavy atom. The summed E-state index contributed by atoms with van der Waals surface area (Å²) < 4.78 is 2.22. The molecule has 20 heavy (non-hydrogen) atoms. The Kier molecular flexibility index (Phi) is 6.70. The van der Waals surface area contributed by atoms with Crippen molar-refractivity contribution >= 4 is 27.0 Å². The van der Waals surface area contributed by atoms with Crippen LogP contribution >= 0.6 is 9.24 Å². The number of allylic oxidation sites excluding steroid dienone is 4. The van der Waals surface area contributed by atoms with E-state index in [4.69, 9.17) is 5.73 Å². The van der Waals surface area contributed by atoms with Gasteiger partial charge in [0.2, 0.25) is 0 Å². The highest BCUT2D eigenvalue weighted by molar-refractivity contribution is 7.15. The van der Waals surface area contributed by atoms with E-state index in [9.17, 15) is 0 Å². The van der Waals surface area contributed by atoms with Crippen LogP contribution in [0.5, 0.6) is 0 Å². The molecule has 1 heterocycles. The zero-order valence-electron chi connectivity index (χ0n) is 12.7. The molecule has 0 radical (unpaired) electrons. The quantitative estimate of drug-likeness (QED) is 0.654. The molecule has 3 heteroatoms. The van der Waals surface area contributed by atoms with E-state index >= 15 is 0 Å². The highest BCUT2D eigenvalue weighted by Crippen LogP contribution is 2.12. The van der Waals surface area contributed by atoms with Gasteiger partial charge in [0.1, 0.15) is 0 Å². The summed E-state index contributed by atoms with van der Waals surface area (Å²) >= 11 is 0. The van der Waals surface area contributed by atoms with Crippen molar-refractivity contribution in [3.8, 4) is 0 Å². The molecule has 1 aromatic heterocycles. The zero-order valence-corrected chi connectivity index (χ0v) is 13.8. The molecule has 1 unspecified atom stereocenters. The smallest absolute Gasteiger partial charge is 0.0486 e. The first-order chi connectivity index (χ1) is 9.58. The van der Waals surface area contributed by atoms with E-state index in [1.165, 1.54) is 27.3 Å². The van der Waals surface area contributed by atoms with Gasteiger partial charge in [0.25, 0.3) is 0 Å². The third-order valence-corrected chi connectivity index (χ3v) is 3.62. The topological polar surface area (TPSA) is 30.9 Å². The lowest BCUT2D eigenvalue weighted by atomic mass is 10.1. The summed E-state index contributed by atoms with van der Waals surface area (Å²) in [4.78, 5) is 0. The summed E-state index contributed by atoms with van der Waals surface area (Å²) in [5.41, 5.74) is 9.25. The maximum atomic E-state index is 5.55. The van der Waals surface area contributed by atoms with E-state index in [0.717, 1.165) is 6.29 Å². The number of hydrogen-bond acceptors (Lipinski definition) is 1. The third-order valence-electron chi connectivity index (χ3n) is 3.23. The second kappa shape index (κ2) is 8.04. The van der Waals surface area contributed by atoms with E-state index in [2.05, 4.69) is 65.6 Å². The van der Waals surface area contributed by atoms with Crippen LogP contribution in [0.3, 0.4) is 0 Å². The van der Waals surface area contributed by atoms with Gasteiger partial charge in [0.05, 0.1) is 0 Å². The van der Waals surface area contributed by atoms with Crippen LogP contribution in [0.4, 0.5) is 0 Å². The molecule has 0 spiro atoms.